The number of aromatic hydroxyl groups is 2. The van der Waals surface area contributed by atoms with E-state index in [4.69, 9.17) is 0 Å². The normalized spacial score (nSPS) is 11.9. The fraction of sp³-hybridized carbons (Fsp3) is 0.263. The molecule has 0 amide bonds. The van der Waals surface area contributed by atoms with E-state index in [1.807, 2.05) is 19.9 Å². The van der Waals surface area contributed by atoms with Gasteiger partial charge in [-0.1, -0.05) is 19.1 Å². The molecule has 3 aromatic rings. The topological polar surface area (TPSA) is 129 Å². The molecule has 10 heteroatoms. The Morgan fingerprint density at radius 2 is 1.90 bits per heavy atom. The zero-order valence-corrected chi connectivity index (χ0v) is 17.1. The van der Waals surface area contributed by atoms with Crippen LogP contribution in [0.2, 0.25) is 0 Å². The van der Waals surface area contributed by atoms with Crippen LogP contribution in [0.25, 0.3) is 17.1 Å². The zero-order chi connectivity index (χ0) is 21.3. The second kappa shape index (κ2) is 7.72. The summed E-state index contributed by atoms with van der Waals surface area (Å²) >= 11 is 0. The van der Waals surface area contributed by atoms with Gasteiger partial charge >= 0.3 is 5.69 Å². The van der Waals surface area contributed by atoms with Crippen molar-refractivity contribution in [3.8, 4) is 28.6 Å². The molecule has 1 heterocycles. The molecule has 0 atom stereocenters. The number of aromatic nitrogens is 3. The van der Waals surface area contributed by atoms with E-state index in [-0.39, 0.29) is 22.8 Å². The van der Waals surface area contributed by atoms with E-state index in [1.54, 1.807) is 18.2 Å². The first-order valence-corrected chi connectivity index (χ1v) is 10.4. The van der Waals surface area contributed by atoms with Gasteiger partial charge in [-0.15, -0.1) is 0 Å². The van der Waals surface area contributed by atoms with Crippen LogP contribution < -0.4 is 5.69 Å². The SMILES string of the molecule is CCCN(C)S(=O)(=O)c1cc(-c2n[nH]c(=O)n2-c2cccc(C)c2)c(O)cc1O. The molecule has 0 bridgehead atoms. The van der Waals surface area contributed by atoms with Gasteiger partial charge in [-0.2, -0.15) is 5.10 Å². The number of rotatable bonds is 6. The van der Waals surface area contributed by atoms with Crippen molar-refractivity contribution >= 4 is 10.0 Å². The van der Waals surface area contributed by atoms with E-state index < -0.39 is 27.2 Å². The van der Waals surface area contributed by atoms with E-state index in [1.165, 1.54) is 11.6 Å². The fourth-order valence-corrected chi connectivity index (χ4v) is 4.38. The number of nitrogens with zero attached hydrogens (tertiary/aromatic N) is 3. The summed E-state index contributed by atoms with van der Waals surface area (Å²) in [5, 5.41) is 26.8. The smallest absolute Gasteiger partial charge is 0.348 e. The fourth-order valence-electron chi connectivity index (χ4n) is 3.03. The van der Waals surface area contributed by atoms with Crippen molar-refractivity contribution in [3.05, 3.63) is 52.4 Å². The molecule has 0 saturated carbocycles. The molecule has 2 aromatic carbocycles. The first-order valence-electron chi connectivity index (χ1n) is 8.94. The van der Waals surface area contributed by atoms with Crippen LogP contribution in [0.1, 0.15) is 18.9 Å². The van der Waals surface area contributed by atoms with E-state index in [0.717, 1.165) is 22.0 Å². The highest BCUT2D eigenvalue weighted by atomic mass is 32.2. The lowest BCUT2D eigenvalue weighted by Crippen LogP contribution is -2.27. The molecule has 154 valence electrons. The average Bonchev–Trinajstić information content (AvgIpc) is 3.03. The number of phenolic OH excluding ortho intramolecular Hbond substituents is 2. The van der Waals surface area contributed by atoms with Gasteiger partial charge in [-0.25, -0.2) is 27.2 Å². The van der Waals surface area contributed by atoms with Crippen LogP contribution in [0.15, 0.2) is 46.1 Å². The van der Waals surface area contributed by atoms with E-state index in [0.29, 0.717) is 12.1 Å². The van der Waals surface area contributed by atoms with Crippen LogP contribution in [0.5, 0.6) is 11.5 Å². The third-order valence-corrected chi connectivity index (χ3v) is 6.36. The van der Waals surface area contributed by atoms with Crippen molar-refractivity contribution < 1.29 is 18.6 Å². The van der Waals surface area contributed by atoms with Gasteiger partial charge in [0.15, 0.2) is 5.82 Å². The van der Waals surface area contributed by atoms with E-state index >= 15 is 0 Å². The summed E-state index contributed by atoms with van der Waals surface area (Å²) in [5.74, 6) is -0.977. The summed E-state index contributed by atoms with van der Waals surface area (Å²) in [6.07, 6.45) is 0.591. The summed E-state index contributed by atoms with van der Waals surface area (Å²) in [6.45, 7) is 3.95. The Labute approximate surface area is 167 Å². The first kappa shape index (κ1) is 20.6. The number of benzene rings is 2. The quantitative estimate of drug-likeness (QED) is 0.561. The van der Waals surface area contributed by atoms with Gasteiger partial charge in [-0.05, 0) is 37.1 Å². The number of phenols is 2. The molecule has 0 fully saturated rings. The predicted octanol–water partition coefficient (Wildman–Crippen LogP) is 1.98. The number of hydrogen-bond acceptors (Lipinski definition) is 6. The average molecular weight is 418 g/mol. The molecular weight excluding hydrogens is 396 g/mol. The lowest BCUT2D eigenvalue weighted by molar-refractivity contribution is 0.430. The molecule has 0 aliphatic rings. The molecule has 3 N–H and O–H groups in total. The Bertz CT molecular complexity index is 1210. The van der Waals surface area contributed by atoms with Gasteiger partial charge in [0.05, 0.1) is 11.3 Å². The van der Waals surface area contributed by atoms with Gasteiger partial charge < -0.3 is 10.2 Å². The number of nitrogens with one attached hydrogen (secondary N) is 1. The number of aryl methyl sites for hydroxylation is 1. The third kappa shape index (κ3) is 3.76. The molecule has 0 saturated heterocycles. The van der Waals surface area contributed by atoms with Crippen LogP contribution in [0, 0.1) is 6.92 Å². The molecular formula is C19H22N4O5S. The van der Waals surface area contributed by atoms with Crippen molar-refractivity contribution in [2.75, 3.05) is 13.6 Å². The Morgan fingerprint density at radius 1 is 1.17 bits per heavy atom. The highest BCUT2D eigenvalue weighted by Gasteiger charge is 2.27. The van der Waals surface area contributed by atoms with Crippen molar-refractivity contribution in [1.82, 2.24) is 19.1 Å². The summed E-state index contributed by atoms with van der Waals surface area (Å²) in [5.41, 5.74) is 0.844. The van der Waals surface area contributed by atoms with Gasteiger partial charge in [-0.3, -0.25) is 0 Å². The molecule has 9 nitrogen and oxygen atoms in total. The van der Waals surface area contributed by atoms with E-state index in [2.05, 4.69) is 10.2 Å². The van der Waals surface area contributed by atoms with Crippen molar-refractivity contribution in [3.63, 3.8) is 0 Å². The van der Waals surface area contributed by atoms with Crippen molar-refractivity contribution in [2.24, 2.45) is 0 Å². The minimum Gasteiger partial charge on any atom is -0.507 e. The highest BCUT2D eigenvalue weighted by Crippen LogP contribution is 2.37. The van der Waals surface area contributed by atoms with Crippen molar-refractivity contribution in [1.29, 1.82) is 0 Å². The Balaban J connectivity index is 2.23. The standard InChI is InChI=1S/C19H22N4O5S/c1-4-8-22(3)29(27,28)17-10-14(15(24)11-16(17)25)18-20-21-19(26)23(18)13-7-5-6-12(2)9-13/h5-7,9-11,24-25H,4,8H2,1-3H3,(H,21,26). The largest absolute Gasteiger partial charge is 0.507 e. The van der Waals surface area contributed by atoms with Gasteiger partial charge in [0.1, 0.15) is 16.4 Å². The maximum atomic E-state index is 12.8. The van der Waals surface area contributed by atoms with Crippen LogP contribution in [-0.2, 0) is 10.0 Å². The minimum absolute atomic E-state index is 0.00821. The molecule has 0 spiro atoms. The molecule has 1 aromatic heterocycles. The molecule has 3 rings (SSSR count). The summed E-state index contributed by atoms with van der Waals surface area (Å²) in [7, 11) is -2.60. The van der Waals surface area contributed by atoms with Gasteiger partial charge in [0.25, 0.3) is 0 Å². The minimum atomic E-state index is -4.01. The Morgan fingerprint density at radius 3 is 2.55 bits per heavy atom. The summed E-state index contributed by atoms with van der Waals surface area (Å²) in [4.78, 5) is 12.0. The van der Waals surface area contributed by atoms with Gasteiger partial charge in [0, 0.05) is 19.7 Å². The summed E-state index contributed by atoms with van der Waals surface area (Å²) < 4.78 is 28.0. The molecule has 29 heavy (non-hydrogen) atoms. The molecule has 0 aliphatic heterocycles. The third-order valence-electron chi connectivity index (χ3n) is 4.48. The first-order chi connectivity index (χ1) is 13.7. The lowest BCUT2D eigenvalue weighted by Gasteiger charge is -2.18. The second-order valence-corrected chi connectivity index (χ2v) is 8.70. The van der Waals surface area contributed by atoms with Crippen LogP contribution >= 0.6 is 0 Å². The van der Waals surface area contributed by atoms with Crippen molar-refractivity contribution in [2.45, 2.75) is 25.2 Å². The molecule has 0 radical (unpaired) electrons. The van der Waals surface area contributed by atoms with Gasteiger partial charge in [0.2, 0.25) is 10.0 Å². The maximum Gasteiger partial charge on any atom is 0.348 e. The zero-order valence-electron chi connectivity index (χ0n) is 16.2. The van der Waals surface area contributed by atoms with Crippen LogP contribution in [-0.4, -0.2) is 51.3 Å². The highest BCUT2D eigenvalue weighted by molar-refractivity contribution is 7.89. The molecule has 0 unspecified atom stereocenters. The van der Waals surface area contributed by atoms with E-state index in [9.17, 15) is 23.4 Å². The number of sulfonamides is 1. The monoisotopic (exact) mass is 418 g/mol. The number of H-pyrrole nitrogens is 1. The number of hydrogen-bond donors (Lipinski definition) is 3. The Kier molecular flexibility index (Phi) is 5.49. The molecule has 0 aliphatic carbocycles. The lowest BCUT2D eigenvalue weighted by atomic mass is 10.1. The van der Waals surface area contributed by atoms with Crippen LogP contribution in [0.3, 0.4) is 0 Å². The number of aromatic amines is 1. The van der Waals surface area contributed by atoms with Crippen LogP contribution in [0.4, 0.5) is 0 Å². The Hall–Kier alpha value is -3.11. The summed E-state index contributed by atoms with van der Waals surface area (Å²) in [6, 6.07) is 9.12. The maximum absolute atomic E-state index is 12.8. The second-order valence-electron chi connectivity index (χ2n) is 6.69. The predicted molar refractivity (Wildman–Crippen MR) is 108 cm³/mol.